The van der Waals surface area contributed by atoms with Crippen molar-refractivity contribution in [1.82, 2.24) is 0 Å². The maximum absolute atomic E-state index is 13.1. The Balaban J connectivity index is 1.80. The van der Waals surface area contributed by atoms with Crippen LogP contribution in [0.5, 0.6) is 5.75 Å². The predicted molar refractivity (Wildman–Crippen MR) is 78.4 cm³/mol. The number of aliphatic hydroxyl groups is 1. The first-order chi connectivity index (χ1) is 9.63. The lowest BCUT2D eigenvalue weighted by molar-refractivity contribution is 0.178. The van der Waals surface area contributed by atoms with Crippen LogP contribution in [-0.2, 0) is 12.8 Å². The van der Waals surface area contributed by atoms with Crippen LogP contribution in [0.1, 0.15) is 22.8 Å². The molecule has 2 nitrogen and oxygen atoms in total. The van der Waals surface area contributed by atoms with Gasteiger partial charge in [0, 0.05) is 17.3 Å². The zero-order valence-electron chi connectivity index (χ0n) is 10.8. The molecule has 3 rings (SSSR count). The van der Waals surface area contributed by atoms with E-state index >= 15 is 0 Å². The third-order valence-electron chi connectivity index (χ3n) is 3.53. The van der Waals surface area contributed by atoms with Crippen LogP contribution >= 0.6 is 15.9 Å². The summed E-state index contributed by atoms with van der Waals surface area (Å²) in [6, 6.07) is 10.3. The van der Waals surface area contributed by atoms with E-state index in [0.29, 0.717) is 17.5 Å². The molecule has 0 bridgehead atoms. The van der Waals surface area contributed by atoms with Crippen molar-refractivity contribution in [3.8, 4) is 5.75 Å². The minimum absolute atomic E-state index is 0.287. The number of benzene rings is 2. The molecule has 1 aliphatic rings. The second-order valence-corrected chi connectivity index (χ2v) is 5.78. The molecule has 1 aliphatic heterocycles. The van der Waals surface area contributed by atoms with Crippen LogP contribution < -0.4 is 4.74 Å². The second kappa shape index (κ2) is 5.54. The van der Waals surface area contributed by atoms with Gasteiger partial charge in [-0.3, -0.25) is 0 Å². The zero-order chi connectivity index (χ0) is 14.1. The summed E-state index contributed by atoms with van der Waals surface area (Å²) in [4.78, 5) is 0. The van der Waals surface area contributed by atoms with Crippen molar-refractivity contribution < 1.29 is 14.2 Å². The van der Waals surface area contributed by atoms with Gasteiger partial charge in [0.25, 0.3) is 0 Å². The van der Waals surface area contributed by atoms with E-state index in [1.165, 1.54) is 12.1 Å². The number of ether oxygens (including phenoxy) is 1. The Morgan fingerprint density at radius 1 is 1.25 bits per heavy atom. The molecule has 104 valence electrons. The first kappa shape index (κ1) is 13.6. The summed E-state index contributed by atoms with van der Waals surface area (Å²) in [5.41, 5.74) is 2.89. The molecule has 2 aromatic carbocycles. The molecular weight excluding hydrogens is 323 g/mol. The minimum Gasteiger partial charge on any atom is -0.493 e. The van der Waals surface area contributed by atoms with Gasteiger partial charge in [0.1, 0.15) is 11.6 Å². The van der Waals surface area contributed by atoms with Gasteiger partial charge in [0.15, 0.2) is 0 Å². The molecule has 4 heteroatoms. The Hall–Kier alpha value is -1.39. The minimum atomic E-state index is -0.609. The molecule has 1 N–H and O–H groups in total. The van der Waals surface area contributed by atoms with E-state index in [9.17, 15) is 9.50 Å². The molecule has 1 unspecified atom stereocenters. The van der Waals surface area contributed by atoms with E-state index in [2.05, 4.69) is 15.9 Å². The van der Waals surface area contributed by atoms with Gasteiger partial charge in [-0.25, -0.2) is 4.39 Å². The molecule has 0 radical (unpaired) electrons. The standard InChI is InChI=1S/C16H14BrFO2/c17-14-9-13(18)3-1-10(14)8-15(19)11-2-4-16-12(7-11)5-6-20-16/h1-4,7,9,15,19H,5-6,8H2. The van der Waals surface area contributed by atoms with Crippen molar-refractivity contribution in [3.63, 3.8) is 0 Å². The third kappa shape index (κ3) is 2.72. The number of halogens is 2. The monoisotopic (exact) mass is 336 g/mol. The Bertz CT molecular complexity index is 642. The number of fused-ring (bicyclic) bond motifs is 1. The fourth-order valence-corrected chi connectivity index (χ4v) is 2.94. The van der Waals surface area contributed by atoms with Crippen LogP contribution in [-0.4, -0.2) is 11.7 Å². The molecule has 0 saturated carbocycles. The molecule has 1 heterocycles. The molecule has 0 spiro atoms. The largest absolute Gasteiger partial charge is 0.493 e. The number of rotatable bonds is 3. The van der Waals surface area contributed by atoms with Crippen LogP contribution in [0.3, 0.4) is 0 Å². The highest BCUT2D eigenvalue weighted by Crippen LogP contribution is 2.30. The van der Waals surface area contributed by atoms with Crippen LogP contribution in [0.4, 0.5) is 4.39 Å². The van der Waals surface area contributed by atoms with Gasteiger partial charge in [-0.15, -0.1) is 0 Å². The molecule has 0 saturated heterocycles. The van der Waals surface area contributed by atoms with E-state index in [0.717, 1.165) is 28.9 Å². The molecule has 20 heavy (non-hydrogen) atoms. The molecule has 0 aliphatic carbocycles. The summed E-state index contributed by atoms with van der Waals surface area (Å²) < 4.78 is 19.2. The smallest absolute Gasteiger partial charge is 0.124 e. The third-order valence-corrected chi connectivity index (χ3v) is 4.26. The normalized spacial score (nSPS) is 14.8. The predicted octanol–water partition coefficient (Wildman–Crippen LogP) is 3.80. The number of aliphatic hydroxyl groups excluding tert-OH is 1. The lowest BCUT2D eigenvalue weighted by atomic mass is 9.99. The van der Waals surface area contributed by atoms with Crippen LogP contribution in [0.2, 0.25) is 0 Å². The van der Waals surface area contributed by atoms with E-state index in [-0.39, 0.29) is 5.82 Å². The molecular formula is C16H14BrFO2. The summed E-state index contributed by atoms with van der Waals surface area (Å²) in [6.07, 6.45) is 0.721. The highest BCUT2D eigenvalue weighted by atomic mass is 79.9. The van der Waals surface area contributed by atoms with Gasteiger partial charge in [-0.1, -0.05) is 28.1 Å². The number of hydrogen-bond acceptors (Lipinski definition) is 2. The number of hydrogen-bond donors (Lipinski definition) is 1. The van der Waals surface area contributed by atoms with Gasteiger partial charge >= 0.3 is 0 Å². The first-order valence-electron chi connectivity index (χ1n) is 6.51. The lowest BCUT2D eigenvalue weighted by Crippen LogP contribution is -2.03. The summed E-state index contributed by atoms with van der Waals surface area (Å²) in [6.45, 7) is 0.707. The summed E-state index contributed by atoms with van der Waals surface area (Å²) in [5, 5.41) is 10.3. The summed E-state index contributed by atoms with van der Waals surface area (Å²) >= 11 is 3.33. The lowest BCUT2D eigenvalue weighted by Gasteiger charge is -2.13. The Morgan fingerprint density at radius 2 is 2.10 bits per heavy atom. The first-order valence-corrected chi connectivity index (χ1v) is 7.30. The molecule has 2 aromatic rings. The zero-order valence-corrected chi connectivity index (χ0v) is 12.4. The van der Waals surface area contributed by atoms with Crippen LogP contribution in [0, 0.1) is 5.82 Å². The van der Waals surface area contributed by atoms with Gasteiger partial charge in [0.2, 0.25) is 0 Å². The van der Waals surface area contributed by atoms with E-state index in [1.54, 1.807) is 6.07 Å². The van der Waals surface area contributed by atoms with Crippen LogP contribution in [0.15, 0.2) is 40.9 Å². The van der Waals surface area contributed by atoms with Crippen molar-refractivity contribution in [1.29, 1.82) is 0 Å². The Morgan fingerprint density at radius 3 is 2.90 bits per heavy atom. The molecule has 0 aromatic heterocycles. The maximum Gasteiger partial charge on any atom is 0.124 e. The van der Waals surface area contributed by atoms with Crippen molar-refractivity contribution >= 4 is 15.9 Å². The molecule has 0 fully saturated rings. The quantitative estimate of drug-likeness (QED) is 0.923. The van der Waals surface area contributed by atoms with Gasteiger partial charge < -0.3 is 9.84 Å². The Kier molecular flexibility index (Phi) is 3.76. The Labute approximate surface area is 125 Å². The molecule has 0 amide bonds. The second-order valence-electron chi connectivity index (χ2n) is 4.92. The average molecular weight is 337 g/mol. The fourth-order valence-electron chi connectivity index (χ4n) is 2.43. The van der Waals surface area contributed by atoms with Crippen molar-refractivity contribution in [2.24, 2.45) is 0 Å². The topological polar surface area (TPSA) is 29.5 Å². The maximum atomic E-state index is 13.1. The average Bonchev–Trinajstić information content (AvgIpc) is 2.89. The highest BCUT2D eigenvalue weighted by molar-refractivity contribution is 9.10. The van der Waals surface area contributed by atoms with Crippen LogP contribution in [0.25, 0.3) is 0 Å². The van der Waals surface area contributed by atoms with E-state index in [4.69, 9.17) is 4.74 Å². The van der Waals surface area contributed by atoms with Crippen molar-refractivity contribution in [3.05, 3.63) is 63.4 Å². The van der Waals surface area contributed by atoms with E-state index in [1.807, 2.05) is 18.2 Å². The highest BCUT2D eigenvalue weighted by Gasteiger charge is 2.16. The van der Waals surface area contributed by atoms with Crippen molar-refractivity contribution in [2.45, 2.75) is 18.9 Å². The molecule has 1 atom stereocenters. The van der Waals surface area contributed by atoms with Gasteiger partial charge in [-0.2, -0.15) is 0 Å². The SMILES string of the molecule is OC(Cc1ccc(F)cc1Br)c1ccc2c(c1)CCO2. The van der Waals surface area contributed by atoms with Gasteiger partial charge in [0.05, 0.1) is 12.7 Å². The van der Waals surface area contributed by atoms with Crippen molar-refractivity contribution in [2.75, 3.05) is 6.61 Å². The summed E-state index contributed by atoms with van der Waals surface area (Å²) in [5.74, 6) is 0.619. The summed E-state index contributed by atoms with van der Waals surface area (Å²) in [7, 11) is 0. The van der Waals surface area contributed by atoms with E-state index < -0.39 is 6.10 Å². The van der Waals surface area contributed by atoms with Gasteiger partial charge in [-0.05, 0) is 41.0 Å². The fraction of sp³-hybridized carbons (Fsp3) is 0.250.